The van der Waals surface area contributed by atoms with Gasteiger partial charge in [-0.05, 0) is 63.8 Å². The number of hydrogen-bond donors (Lipinski definition) is 1. The Kier molecular flexibility index (Phi) is 6.80. The second kappa shape index (κ2) is 9.32. The Morgan fingerprint density at radius 3 is 2.50 bits per heavy atom. The smallest absolute Gasteiger partial charge is 0.410 e. The quantitative estimate of drug-likeness (QED) is 0.797. The van der Waals surface area contributed by atoms with Crippen molar-refractivity contribution in [2.24, 2.45) is 0 Å². The number of piperidine rings is 1. The highest BCUT2D eigenvalue weighted by molar-refractivity contribution is 5.92. The van der Waals surface area contributed by atoms with E-state index in [0.29, 0.717) is 37.3 Å². The van der Waals surface area contributed by atoms with E-state index in [0.717, 1.165) is 12.8 Å². The standard InChI is InChI=1S/C23H30FN3O3/c1-23(2,3)30-22(29)26-15-11-18(12-16-26)27-14-6-9-20(27)21(28)25-13-10-17-7-4-5-8-19(17)24/h4-9,14,18H,10-13,15-16H2,1-3H3,(H,25,28). The molecule has 7 heteroatoms. The molecular weight excluding hydrogens is 385 g/mol. The first-order chi connectivity index (χ1) is 14.2. The van der Waals surface area contributed by atoms with E-state index in [1.54, 1.807) is 29.2 Å². The van der Waals surface area contributed by atoms with E-state index < -0.39 is 5.60 Å². The Hall–Kier alpha value is -2.83. The molecule has 2 heterocycles. The number of ether oxygens (including phenoxy) is 1. The predicted molar refractivity (Wildman–Crippen MR) is 113 cm³/mol. The highest BCUT2D eigenvalue weighted by Gasteiger charge is 2.28. The van der Waals surface area contributed by atoms with Gasteiger partial charge < -0.3 is 19.5 Å². The van der Waals surface area contributed by atoms with E-state index in [-0.39, 0.29) is 23.9 Å². The Morgan fingerprint density at radius 1 is 1.13 bits per heavy atom. The number of likely N-dealkylation sites (tertiary alicyclic amines) is 1. The molecule has 0 aliphatic carbocycles. The molecular formula is C23H30FN3O3. The molecule has 1 aromatic carbocycles. The lowest BCUT2D eigenvalue weighted by Crippen LogP contribution is -2.42. The van der Waals surface area contributed by atoms with E-state index in [1.807, 2.05) is 37.6 Å². The van der Waals surface area contributed by atoms with Crippen LogP contribution in [0.1, 0.15) is 55.7 Å². The summed E-state index contributed by atoms with van der Waals surface area (Å²) in [6.45, 7) is 7.11. The molecule has 2 aromatic rings. The minimum atomic E-state index is -0.512. The van der Waals surface area contributed by atoms with E-state index >= 15 is 0 Å². The number of carbonyl (C=O) groups excluding carboxylic acids is 2. The molecule has 0 unspecified atom stereocenters. The van der Waals surface area contributed by atoms with Crippen molar-refractivity contribution < 1.29 is 18.7 Å². The van der Waals surface area contributed by atoms with Gasteiger partial charge in [-0.25, -0.2) is 9.18 Å². The fourth-order valence-corrected chi connectivity index (χ4v) is 3.66. The molecule has 0 atom stereocenters. The molecule has 0 radical (unpaired) electrons. The van der Waals surface area contributed by atoms with E-state index in [9.17, 15) is 14.0 Å². The molecule has 30 heavy (non-hydrogen) atoms. The molecule has 0 saturated carbocycles. The normalized spacial score (nSPS) is 15.1. The van der Waals surface area contributed by atoms with Gasteiger partial charge in [0, 0.05) is 31.9 Å². The SMILES string of the molecule is CC(C)(C)OC(=O)N1CCC(n2cccc2C(=O)NCCc2ccccc2F)CC1. The monoisotopic (exact) mass is 415 g/mol. The third kappa shape index (κ3) is 5.62. The molecule has 1 fully saturated rings. The van der Waals surface area contributed by atoms with Crippen molar-refractivity contribution >= 4 is 12.0 Å². The number of aromatic nitrogens is 1. The van der Waals surface area contributed by atoms with Crippen molar-refractivity contribution in [2.75, 3.05) is 19.6 Å². The van der Waals surface area contributed by atoms with Gasteiger partial charge in [0.1, 0.15) is 17.1 Å². The maximum atomic E-state index is 13.7. The Labute approximate surface area is 177 Å². The lowest BCUT2D eigenvalue weighted by Gasteiger charge is -2.34. The Balaban J connectivity index is 1.53. The summed E-state index contributed by atoms with van der Waals surface area (Å²) in [5.41, 5.74) is 0.657. The van der Waals surface area contributed by atoms with Crippen LogP contribution in [-0.2, 0) is 11.2 Å². The average Bonchev–Trinajstić information content (AvgIpc) is 3.18. The van der Waals surface area contributed by atoms with Crippen LogP contribution >= 0.6 is 0 Å². The van der Waals surface area contributed by atoms with Gasteiger partial charge in [0.2, 0.25) is 0 Å². The second-order valence-corrected chi connectivity index (χ2v) is 8.60. The van der Waals surface area contributed by atoms with Crippen molar-refractivity contribution in [3.05, 3.63) is 59.7 Å². The molecule has 1 saturated heterocycles. The summed E-state index contributed by atoms with van der Waals surface area (Å²) in [5.74, 6) is -0.433. The number of halogens is 1. The van der Waals surface area contributed by atoms with Crippen molar-refractivity contribution in [1.29, 1.82) is 0 Å². The van der Waals surface area contributed by atoms with E-state index in [1.165, 1.54) is 6.07 Å². The number of amides is 2. The van der Waals surface area contributed by atoms with Crippen LogP contribution in [0.5, 0.6) is 0 Å². The summed E-state index contributed by atoms with van der Waals surface area (Å²) in [6, 6.07) is 10.4. The van der Waals surface area contributed by atoms with Gasteiger partial charge in [0.05, 0.1) is 0 Å². The number of nitrogens with zero attached hydrogens (tertiary/aromatic N) is 2. The van der Waals surface area contributed by atoms with Crippen LogP contribution in [0, 0.1) is 5.82 Å². The molecule has 0 spiro atoms. The number of carbonyl (C=O) groups is 2. The summed E-state index contributed by atoms with van der Waals surface area (Å²) >= 11 is 0. The summed E-state index contributed by atoms with van der Waals surface area (Å²) in [4.78, 5) is 26.6. The third-order valence-electron chi connectivity index (χ3n) is 5.16. The summed E-state index contributed by atoms with van der Waals surface area (Å²) in [7, 11) is 0. The van der Waals surface area contributed by atoms with Gasteiger partial charge in [-0.15, -0.1) is 0 Å². The van der Waals surface area contributed by atoms with Crippen LogP contribution in [0.15, 0.2) is 42.6 Å². The van der Waals surface area contributed by atoms with E-state index in [2.05, 4.69) is 5.32 Å². The maximum absolute atomic E-state index is 13.7. The molecule has 6 nitrogen and oxygen atoms in total. The van der Waals surface area contributed by atoms with Gasteiger partial charge in [0.25, 0.3) is 5.91 Å². The van der Waals surface area contributed by atoms with Crippen LogP contribution in [0.3, 0.4) is 0 Å². The lowest BCUT2D eigenvalue weighted by atomic mass is 10.0. The number of nitrogens with one attached hydrogen (secondary N) is 1. The predicted octanol–water partition coefficient (Wildman–Crippen LogP) is 4.17. The number of hydrogen-bond acceptors (Lipinski definition) is 3. The van der Waals surface area contributed by atoms with Gasteiger partial charge in [0.15, 0.2) is 0 Å². The Morgan fingerprint density at radius 2 is 1.83 bits per heavy atom. The summed E-state index contributed by atoms with van der Waals surface area (Å²) < 4.78 is 21.1. The maximum Gasteiger partial charge on any atom is 0.410 e. The molecule has 3 rings (SSSR count). The topological polar surface area (TPSA) is 63.6 Å². The molecule has 1 aromatic heterocycles. The number of rotatable bonds is 5. The highest BCUT2D eigenvalue weighted by Crippen LogP contribution is 2.25. The van der Waals surface area contributed by atoms with E-state index in [4.69, 9.17) is 4.74 Å². The minimum Gasteiger partial charge on any atom is -0.444 e. The average molecular weight is 416 g/mol. The number of benzene rings is 1. The molecule has 0 bridgehead atoms. The van der Waals surface area contributed by atoms with Crippen molar-refractivity contribution in [3.8, 4) is 0 Å². The zero-order valence-electron chi connectivity index (χ0n) is 17.9. The molecule has 1 aliphatic heterocycles. The van der Waals surface area contributed by atoms with Gasteiger partial charge in [-0.3, -0.25) is 4.79 Å². The van der Waals surface area contributed by atoms with Crippen molar-refractivity contribution in [3.63, 3.8) is 0 Å². The first-order valence-electron chi connectivity index (χ1n) is 10.4. The second-order valence-electron chi connectivity index (χ2n) is 8.60. The van der Waals surface area contributed by atoms with Crippen LogP contribution in [0.25, 0.3) is 0 Å². The third-order valence-corrected chi connectivity index (χ3v) is 5.16. The van der Waals surface area contributed by atoms with Crippen LogP contribution < -0.4 is 5.32 Å². The summed E-state index contributed by atoms with van der Waals surface area (Å²) in [6.07, 6.45) is 3.55. The fourth-order valence-electron chi connectivity index (χ4n) is 3.66. The molecule has 1 N–H and O–H groups in total. The molecule has 162 valence electrons. The van der Waals surface area contributed by atoms with Crippen molar-refractivity contribution in [2.45, 2.75) is 51.7 Å². The zero-order chi connectivity index (χ0) is 21.7. The fraction of sp³-hybridized carbons (Fsp3) is 0.478. The largest absolute Gasteiger partial charge is 0.444 e. The van der Waals surface area contributed by atoms with Gasteiger partial charge in [-0.1, -0.05) is 18.2 Å². The van der Waals surface area contributed by atoms with Crippen molar-refractivity contribution in [1.82, 2.24) is 14.8 Å². The van der Waals surface area contributed by atoms with Crippen LogP contribution in [0.4, 0.5) is 9.18 Å². The van der Waals surface area contributed by atoms with Gasteiger partial charge >= 0.3 is 6.09 Å². The molecule has 2 amide bonds. The van der Waals surface area contributed by atoms with Gasteiger partial charge in [-0.2, -0.15) is 0 Å². The van der Waals surface area contributed by atoms with Crippen LogP contribution in [0.2, 0.25) is 0 Å². The zero-order valence-corrected chi connectivity index (χ0v) is 17.9. The summed E-state index contributed by atoms with van der Waals surface area (Å²) in [5, 5.41) is 2.88. The van der Waals surface area contributed by atoms with Crippen LogP contribution in [-0.4, -0.2) is 46.7 Å². The first-order valence-corrected chi connectivity index (χ1v) is 10.4. The highest BCUT2D eigenvalue weighted by atomic mass is 19.1. The molecule has 1 aliphatic rings. The minimum absolute atomic E-state index is 0.144. The first kappa shape index (κ1) is 21.9. The lowest BCUT2D eigenvalue weighted by molar-refractivity contribution is 0.0187. The Bertz CT molecular complexity index is 880.